The van der Waals surface area contributed by atoms with Crippen molar-refractivity contribution in [1.29, 1.82) is 0 Å². The van der Waals surface area contributed by atoms with E-state index in [1.807, 2.05) is 12.1 Å². The van der Waals surface area contributed by atoms with E-state index in [4.69, 9.17) is 5.73 Å². The van der Waals surface area contributed by atoms with Crippen LogP contribution in [0.2, 0.25) is 0 Å². The summed E-state index contributed by atoms with van der Waals surface area (Å²) in [7, 11) is 1.75. The second kappa shape index (κ2) is 4.28. The number of hydrogen-bond acceptors (Lipinski definition) is 4. The van der Waals surface area contributed by atoms with Crippen LogP contribution in [-0.4, -0.2) is 21.8 Å². The Balaban J connectivity index is 2.09. The molecule has 4 N–H and O–H groups in total. The highest BCUT2D eigenvalue weighted by molar-refractivity contribution is 5.93. The molecule has 1 aromatic carbocycles. The summed E-state index contributed by atoms with van der Waals surface area (Å²) >= 11 is 0. The van der Waals surface area contributed by atoms with Crippen molar-refractivity contribution in [2.75, 3.05) is 11.1 Å². The number of aliphatic hydroxyl groups excluding tert-OH is 1. The second-order valence-corrected chi connectivity index (χ2v) is 5.20. The fraction of sp³-hybridized carbons (Fsp3) is 0.357. The molecular weight excluding hydrogens is 242 g/mol. The predicted molar refractivity (Wildman–Crippen MR) is 76.3 cm³/mol. The SMILES string of the molecule is Cn1c(=O)cc(NC2CC(O)C2)c2cc(N)ccc21. The zero-order chi connectivity index (χ0) is 13.6. The highest BCUT2D eigenvalue weighted by Crippen LogP contribution is 2.28. The first-order valence-corrected chi connectivity index (χ1v) is 6.38. The molecule has 0 radical (unpaired) electrons. The van der Waals surface area contributed by atoms with E-state index < -0.39 is 0 Å². The molecule has 100 valence electrons. The molecule has 1 saturated carbocycles. The third-order valence-electron chi connectivity index (χ3n) is 3.74. The van der Waals surface area contributed by atoms with Crippen LogP contribution in [-0.2, 0) is 7.05 Å². The summed E-state index contributed by atoms with van der Waals surface area (Å²) in [5, 5.41) is 13.6. The van der Waals surface area contributed by atoms with Crippen LogP contribution in [0.15, 0.2) is 29.1 Å². The number of nitrogens with one attached hydrogen (secondary N) is 1. The summed E-state index contributed by atoms with van der Waals surface area (Å²) in [6.45, 7) is 0. The molecule has 1 fully saturated rings. The van der Waals surface area contributed by atoms with Gasteiger partial charge in [-0.2, -0.15) is 0 Å². The molecule has 0 bridgehead atoms. The molecule has 2 aromatic rings. The number of nitrogen functional groups attached to an aromatic ring is 1. The number of nitrogens with zero attached hydrogens (tertiary/aromatic N) is 1. The molecule has 1 heterocycles. The fourth-order valence-corrected chi connectivity index (χ4v) is 2.52. The second-order valence-electron chi connectivity index (χ2n) is 5.20. The Kier molecular flexibility index (Phi) is 2.71. The molecule has 5 nitrogen and oxygen atoms in total. The van der Waals surface area contributed by atoms with Gasteiger partial charge in [-0.15, -0.1) is 0 Å². The van der Waals surface area contributed by atoms with Gasteiger partial charge >= 0.3 is 0 Å². The third-order valence-corrected chi connectivity index (χ3v) is 3.74. The summed E-state index contributed by atoms with van der Waals surface area (Å²) in [6.07, 6.45) is 1.22. The Labute approximate surface area is 110 Å². The zero-order valence-electron chi connectivity index (χ0n) is 10.8. The fourth-order valence-electron chi connectivity index (χ4n) is 2.52. The number of anilines is 2. The van der Waals surface area contributed by atoms with Crippen molar-refractivity contribution in [3.63, 3.8) is 0 Å². The normalized spacial score (nSPS) is 22.2. The van der Waals surface area contributed by atoms with Crippen LogP contribution >= 0.6 is 0 Å². The molecule has 1 aliphatic carbocycles. The lowest BCUT2D eigenvalue weighted by Crippen LogP contribution is -2.39. The number of rotatable bonds is 2. The van der Waals surface area contributed by atoms with Crippen molar-refractivity contribution in [1.82, 2.24) is 4.57 Å². The lowest BCUT2D eigenvalue weighted by Gasteiger charge is -2.33. The Morgan fingerprint density at radius 1 is 1.37 bits per heavy atom. The summed E-state index contributed by atoms with van der Waals surface area (Å²) in [6, 6.07) is 7.33. The van der Waals surface area contributed by atoms with Crippen molar-refractivity contribution >= 4 is 22.3 Å². The Morgan fingerprint density at radius 2 is 2.11 bits per heavy atom. The van der Waals surface area contributed by atoms with Gasteiger partial charge in [0.2, 0.25) is 0 Å². The molecule has 0 saturated heterocycles. The van der Waals surface area contributed by atoms with Gasteiger partial charge in [0.1, 0.15) is 0 Å². The van der Waals surface area contributed by atoms with Gasteiger partial charge in [-0.1, -0.05) is 0 Å². The maximum Gasteiger partial charge on any atom is 0.252 e. The average molecular weight is 259 g/mol. The number of fused-ring (bicyclic) bond motifs is 1. The van der Waals surface area contributed by atoms with E-state index in [9.17, 15) is 9.90 Å². The van der Waals surface area contributed by atoms with Crippen molar-refractivity contribution in [2.24, 2.45) is 7.05 Å². The predicted octanol–water partition coefficient (Wildman–Crippen LogP) is 1.06. The van der Waals surface area contributed by atoms with Gasteiger partial charge < -0.3 is 20.7 Å². The van der Waals surface area contributed by atoms with E-state index in [1.54, 1.807) is 23.7 Å². The lowest BCUT2D eigenvalue weighted by molar-refractivity contribution is 0.0837. The van der Waals surface area contributed by atoms with Crippen LogP contribution in [0.5, 0.6) is 0 Å². The summed E-state index contributed by atoms with van der Waals surface area (Å²) < 4.78 is 1.61. The topological polar surface area (TPSA) is 80.3 Å². The van der Waals surface area contributed by atoms with E-state index in [0.29, 0.717) is 5.69 Å². The van der Waals surface area contributed by atoms with Crippen molar-refractivity contribution in [3.05, 3.63) is 34.6 Å². The first-order valence-electron chi connectivity index (χ1n) is 6.38. The molecular formula is C14H17N3O2. The van der Waals surface area contributed by atoms with Crippen LogP contribution < -0.4 is 16.6 Å². The summed E-state index contributed by atoms with van der Waals surface area (Å²) in [4.78, 5) is 11.9. The smallest absolute Gasteiger partial charge is 0.252 e. The number of pyridine rings is 1. The van der Waals surface area contributed by atoms with Gasteiger partial charge in [0.05, 0.1) is 11.6 Å². The van der Waals surface area contributed by atoms with Gasteiger partial charge in [-0.05, 0) is 31.0 Å². The minimum atomic E-state index is -0.222. The summed E-state index contributed by atoms with van der Waals surface area (Å²) in [5.41, 5.74) is 8.08. The number of nitrogens with two attached hydrogens (primary N) is 1. The number of aryl methyl sites for hydroxylation is 1. The van der Waals surface area contributed by atoms with Gasteiger partial charge in [0, 0.05) is 35.9 Å². The Bertz CT molecular complexity index is 687. The van der Waals surface area contributed by atoms with Gasteiger partial charge in [0.25, 0.3) is 5.56 Å². The number of aliphatic hydroxyl groups is 1. The minimum absolute atomic E-state index is 0.0559. The van der Waals surface area contributed by atoms with Crippen LogP contribution in [0.1, 0.15) is 12.8 Å². The monoisotopic (exact) mass is 259 g/mol. The van der Waals surface area contributed by atoms with Crippen LogP contribution in [0.25, 0.3) is 10.9 Å². The first-order chi connectivity index (χ1) is 9.04. The van der Waals surface area contributed by atoms with E-state index in [2.05, 4.69) is 5.32 Å². The van der Waals surface area contributed by atoms with E-state index in [1.165, 1.54) is 0 Å². The van der Waals surface area contributed by atoms with Gasteiger partial charge in [0.15, 0.2) is 0 Å². The standard InChI is InChI=1S/C14H17N3O2/c1-17-13-3-2-8(15)4-11(13)12(7-14(17)19)16-9-5-10(18)6-9/h2-4,7,9-10,16,18H,5-6,15H2,1H3. The molecule has 0 amide bonds. The Hall–Kier alpha value is -2.01. The molecule has 0 atom stereocenters. The van der Waals surface area contributed by atoms with Crippen molar-refractivity contribution in [2.45, 2.75) is 25.0 Å². The highest BCUT2D eigenvalue weighted by Gasteiger charge is 2.27. The van der Waals surface area contributed by atoms with E-state index >= 15 is 0 Å². The van der Waals surface area contributed by atoms with Crippen molar-refractivity contribution in [3.8, 4) is 0 Å². The van der Waals surface area contributed by atoms with E-state index in [-0.39, 0.29) is 17.7 Å². The number of hydrogen-bond donors (Lipinski definition) is 3. The van der Waals surface area contributed by atoms with Crippen molar-refractivity contribution < 1.29 is 5.11 Å². The number of aromatic nitrogens is 1. The van der Waals surface area contributed by atoms with Gasteiger partial charge in [-0.3, -0.25) is 4.79 Å². The molecule has 1 aromatic heterocycles. The molecule has 0 aliphatic heterocycles. The molecule has 0 unspecified atom stereocenters. The molecule has 1 aliphatic rings. The number of benzene rings is 1. The quantitative estimate of drug-likeness (QED) is 0.704. The maximum absolute atomic E-state index is 11.9. The third kappa shape index (κ3) is 2.06. The molecule has 0 spiro atoms. The largest absolute Gasteiger partial charge is 0.399 e. The van der Waals surface area contributed by atoms with E-state index in [0.717, 1.165) is 29.4 Å². The Morgan fingerprint density at radius 3 is 2.79 bits per heavy atom. The summed E-state index contributed by atoms with van der Waals surface area (Å²) in [5.74, 6) is 0. The molecule has 19 heavy (non-hydrogen) atoms. The van der Waals surface area contributed by atoms with Crippen LogP contribution in [0, 0.1) is 0 Å². The van der Waals surface area contributed by atoms with Gasteiger partial charge in [-0.25, -0.2) is 0 Å². The maximum atomic E-state index is 11.9. The molecule has 3 rings (SSSR count). The highest BCUT2D eigenvalue weighted by atomic mass is 16.3. The lowest BCUT2D eigenvalue weighted by atomic mass is 9.89. The average Bonchev–Trinajstić information content (AvgIpc) is 2.33. The van der Waals surface area contributed by atoms with Crippen LogP contribution in [0.3, 0.4) is 0 Å². The molecule has 5 heteroatoms. The first kappa shape index (κ1) is 12.0. The van der Waals surface area contributed by atoms with Crippen LogP contribution in [0.4, 0.5) is 11.4 Å². The zero-order valence-corrected chi connectivity index (χ0v) is 10.8. The minimum Gasteiger partial charge on any atom is -0.399 e.